The van der Waals surface area contributed by atoms with Crippen LogP contribution in [0, 0.1) is 0 Å². The smallest absolute Gasteiger partial charge is 0.331 e. The monoisotopic (exact) mass is 533 g/mol. The summed E-state index contributed by atoms with van der Waals surface area (Å²) in [4.78, 5) is 54.8. The van der Waals surface area contributed by atoms with Gasteiger partial charge in [-0.05, 0) is 49.1 Å². The van der Waals surface area contributed by atoms with E-state index in [4.69, 9.17) is 14.2 Å². The first-order chi connectivity index (χ1) is 18.9. The number of amides is 5. The minimum Gasteiger partial charge on any atom is -0.492 e. The molecule has 1 N–H and O–H groups in total. The Kier molecular flexibility index (Phi) is 7.53. The highest BCUT2D eigenvalue weighted by Crippen LogP contribution is 2.46. The van der Waals surface area contributed by atoms with E-state index in [0.29, 0.717) is 59.7 Å². The molecule has 2 aliphatic heterocycles. The molecule has 0 radical (unpaired) electrons. The number of likely N-dealkylation sites (N-methyl/N-ethyl adjacent to an activating group) is 1. The number of hydrogen-bond donors (Lipinski definition) is 1. The number of nitrogens with zero attached hydrogens (tertiary/aromatic N) is 2. The van der Waals surface area contributed by atoms with Crippen LogP contribution in [-0.2, 0) is 16.0 Å². The molecule has 1 aliphatic carbocycles. The number of benzene rings is 2. The lowest BCUT2D eigenvalue weighted by Crippen LogP contribution is -2.58. The third kappa shape index (κ3) is 5.19. The van der Waals surface area contributed by atoms with E-state index in [9.17, 15) is 19.2 Å². The van der Waals surface area contributed by atoms with Crippen LogP contribution in [0.25, 0.3) is 6.08 Å². The highest BCUT2D eigenvalue weighted by Gasteiger charge is 2.40. The molecule has 1 saturated carbocycles. The Balaban J connectivity index is 1.49. The van der Waals surface area contributed by atoms with E-state index in [0.717, 1.165) is 19.3 Å². The summed E-state index contributed by atoms with van der Waals surface area (Å²) in [5.74, 6) is -0.375. The molecule has 1 saturated heterocycles. The van der Waals surface area contributed by atoms with Gasteiger partial charge < -0.3 is 19.1 Å². The zero-order valence-electron chi connectivity index (χ0n) is 22.0. The van der Waals surface area contributed by atoms with Gasteiger partial charge in [-0.1, -0.05) is 37.5 Å². The standard InChI is InChI=1S/C29H31N3O7/c1-31(27(34)18-9-5-3-6-10-18)14-13-19-15-23-25(39-17-38-23)24(37-2)21(19)16-22-26(33)30-29(36)32(28(22)35)20-11-7-4-8-12-20/h3,5-6,9-10,15-16,20H,4,7-8,11-14,17H2,1-2H3,(H,30,33,36)/b22-16-. The fourth-order valence-electron chi connectivity index (χ4n) is 5.32. The van der Waals surface area contributed by atoms with Crippen LogP contribution < -0.4 is 19.5 Å². The van der Waals surface area contributed by atoms with E-state index in [2.05, 4.69) is 5.32 Å². The first kappa shape index (κ1) is 26.3. The summed E-state index contributed by atoms with van der Waals surface area (Å²) in [6.07, 6.45) is 6.15. The molecule has 2 aromatic carbocycles. The van der Waals surface area contributed by atoms with E-state index in [1.807, 2.05) is 18.2 Å². The topological polar surface area (TPSA) is 114 Å². The van der Waals surface area contributed by atoms with Gasteiger partial charge in [-0.3, -0.25) is 24.6 Å². The van der Waals surface area contributed by atoms with Crippen molar-refractivity contribution in [3.8, 4) is 17.2 Å². The number of imide groups is 2. The van der Waals surface area contributed by atoms with Crippen molar-refractivity contribution in [2.75, 3.05) is 27.5 Å². The van der Waals surface area contributed by atoms with Gasteiger partial charge in [0.1, 0.15) is 5.57 Å². The van der Waals surface area contributed by atoms with Crippen molar-refractivity contribution in [1.29, 1.82) is 0 Å². The Morgan fingerprint density at radius 3 is 2.59 bits per heavy atom. The average molecular weight is 534 g/mol. The Bertz CT molecular complexity index is 1330. The molecule has 10 heteroatoms. The van der Waals surface area contributed by atoms with Crippen LogP contribution >= 0.6 is 0 Å². The maximum atomic E-state index is 13.5. The molecular formula is C29H31N3O7. The number of carbonyl (C=O) groups excluding carboxylic acids is 4. The van der Waals surface area contributed by atoms with Crippen LogP contribution in [-0.4, -0.2) is 67.1 Å². The van der Waals surface area contributed by atoms with E-state index in [1.165, 1.54) is 18.1 Å². The fourth-order valence-corrected chi connectivity index (χ4v) is 5.32. The maximum Gasteiger partial charge on any atom is 0.331 e. The van der Waals surface area contributed by atoms with Crippen LogP contribution in [0.4, 0.5) is 4.79 Å². The number of methoxy groups -OCH3 is 1. The van der Waals surface area contributed by atoms with Gasteiger partial charge in [0.15, 0.2) is 11.5 Å². The zero-order valence-corrected chi connectivity index (χ0v) is 22.0. The molecule has 204 valence electrons. The second-order valence-corrected chi connectivity index (χ2v) is 9.84. The summed E-state index contributed by atoms with van der Waals surface area (Å²) in [6, 6.07) is 9.81. The van der Waals surface area contributed by atoms with Crippen molar-refractivity contribution in [3.63, 3.8) is 0 Å². The molecule has 0 bridgehead atoms. The predicted molar refractivity (Wildman–Crippen MR) is 141 cm³/mol. The highest BCUT2D eigenvalue weighted by molar-refractivity contribution is 6.31. The number of hydrogen-bond acceptors (Lipinski definition) is 7. The van der Waals surface area contributed by atoms with Crippen molar-refractivity contribution in [3.05, 3.63) is 58.7 Å². The quantitative estimate of drug-likeness (QED) is 0.428. The molecule has 2 aromatic rings. The number of rotatable bonds is 7. The van der Waals surface area contributed by atoms with Crippen molar-refractivity contribution in [1.82, 2.24) is 15.1 Å². The van der Waals surface area contributed by atoms with Crippen LogP contribution in [0.5, 0.6) is 17.2 Å². The van der Waals surface area contributed by atoms with E-state index in [1.54, 1.807) is 30.1 Å². The van der Waals surface area contributed by atoms with E-state index in [-0.39, 0.29) is 24.3 Å². The van der Waals surface area contributed by atoms with Crippen LogP contribution in [0.3, 0.4) is 0 Å². The molecule has 3 aliphatic rings. The minimum absolute atomic E-state index is 0.000923. The predicted octanol–water partition coefficient (Wildman–Crippen LogP) is 3.53. The van der Waals surface area contributed by atoms with Crippen LogP contribution in [0.2, 0.25) is 0 Å². The van der Waals surface area contributed by atoms with Gasteiger partial charge in [-0.15, -0.1) is 0 Å². The van der Waals surface area contributed by atoms with Crippen molar-refractivity contribution >= 4 is 29.8 Å². The van der Waals surface area contributed by atoms with Gasteiger partial charge in [0.25, 0.3) is 17.7 Å². The Morgan fingerprint density at radius 1 is 1.13 bits per heavy atom. The van der Waals surface area contributed by atoms with Gasteiger partial charge in [0, 0.05) is 30.8 Å². The number of fused-ring (bicyclic) bond motifs is 1. The summed E-state index contributed by atoms with van der Waals surface area (Å²) >= 11 is 0. The molecule has 39 heavy (non-hydrogen) atoms. The highest BCUT2D eigenvalue weighted by atomic mass is 16.7. The number of barbiturate groups is 1. The number of ether oxygens (including phenoxy) is 3. The maximum absolute atomic E-state index is 13.5. The molecule has 0 unspecified atom stereocenters. The number of nitrogens with one attached hydrogen (secondary N) is 1. The van der Waals surface area contributed by atoms with Crippen LogP contribution in [0.15, 0.2) is 42.0 Å². The molecule has 0 atom stereocenters. The molecule has 2 heterocycles. The minimum atomic E-state index is -0.765. The second-order valence-electron chi connectivity index (χ2n) is 9.84. The zero-order chi connectivity index (χ0) is 27.5. The summed E-state index contributed by atoms with van der Waals surface area (Å²) in [6.45, 7) is 0.348. The summed E-state index contributed by atoms with van der Waals surface area (Å²) in [5.41, 5.74) is 1.56. The summed E-state index contributed by atoms with van der Waals surface area (Å²) < 4.78 is 16.9. The Hall–Kier alpha value is -4.34. The third-order valence-electron chi connectivity index (χ3n) is 7.39. The van der Waals surface area contributed by atoms with E-state index >= 15 is 0 Å². The molecule has 2 fully saturated rings. The number of urea groups is 1. The van der Waals surface area contributed by atoms with Crippen molar-refractivity contribution < 1.29 is 33.4 Å². The third-order valence-corrected chi connectivity index (χ3v) is 7.39. The van der Waals surface area contributed by atoms with E-state index < -0.39 is 17.8 Å². The van der Waals surface area contributed by atoms with Gasteiger partial charge in [0.2, 0.25) is 12.5 Å². The molecule has 10 nitrogen and oxygen atoms in total. The lowest BCUT2D eigenvalue weighted by atomic mass is 9.92. The lowest BCUT2D eigenvalue weighted by molar-refractivity contribution is -0.132. The largest absolute Gasteiger partial charge is 0.492 e. The normalized spacial score (nSPS) is 18.4. The second kappa shape index (κ2) is 11.2. The van der Waals surface area contributed by atoms with Gasteiger partial charge >= 0.3 is 6.03 Å². The Labute approximate surface area is 226 Å². The molecule has 5 rings (SSSR count). The van der Waals surface area contributed by atoms with Crippen molar-refractivity contribution in [2.45, 2.75) is 44.6 Å². The average Bonchev–Trinajstić information content (AvgIpc) is 3.42. The van der Waals surface area contributed by atoms with Crippen molar-refractivity contribution in [2.24, 2.45) is 0 Å². The van der Waals surface area contributed by atoms with Gasteiger partial charge in [-0.2, -0.15) is 0 Å². The van der Waals surface area contributed by atoms with Crippen LogP contribution in [0.1, 0.15) is 53.6 Å². The number of carbonyl (C=O) groups is 4. The van der Waals surface area contributed by atoms with Gasteiger partial charge in [-0.25, -0.2) is 4.79 Å². The first-order valence-electron chi connectivity index (χ1n) is 13.1. The summed E-state index contributed by atoms with van der Waals surface area (Å²) in [5, 5.41) is 2.33. The molecular weight excluding hydrogens is 502 g/mol. The SMILES string of the molecule is COc1c(/C=C2/C(=O)NC(=O)N(C3CCCCC3)C2=O)c(CCN(C)C(=O)c2ccccc2)cc2c1OCO2. The summed E-state index contributed by atoms with van der Waals surface area (Å²) in [7, 11) is 3.18. The van der Waals surface area contributed by atoms with Gasteiger partial charge in [0.05, 0.1) is 7.11 Å². The molecule has 0 aromatic heterocycles. The lowest BCUT2D eigenvalue weighted by Gasteiger charge is -2.35. The Morgan fingerprint density at radius 2 is 1.87 bits per heavy atom. The molecule has 0 spiro atoms. The fraction of sp³-hybridized carbons (Fsp3) is 0.379. The first-order valence-corrected chi connectivity index (χ1v) is 13.1. The molecule has 5 amide bonds.